The second kappa shape index (κ2) is 6.75. The van der Waals surface area contributed by atoms with Crippen molar-refractivity contribution in [2.24, 2.45) is 15.7 Å². The minimum absolute atomic E-state index is 0.350. The monoisotopic (exact) mass is 401 g/mol. The van der Waals surface area contributed by atoms with Gasteiger partial charge in [-0.3, -0.25) is 25.0 Å². The first-order chi connectivity index (χ1) is 13.0. The van der Waals surface area contributed by atoms with Crippen molar-refractivity contribution in [3.8, 4) is 0 Å². The Morgan fingerprint density at radius 3 is 2.43 bits per heavy atom. The van der Waals surface area contributed by atoms with E-state index in [4.69, 9.17) is 15.6 Å². The molecule has 0 radical (unpaired) electrons. The summed E-state index contributed by atoms with van der Waals surface area (Å²) < 4.78 is 5.37. The maximum atomic E-state index is 12.7. The summed E-state index contributed by atoms with van der Waals surface area (Å²) in [4.78, 5) is 44.1. The number of rotatable bonds is 6. The number of carboxylic acid groups (broad SMARTS) is 2. The highest BCUT2D eigenvalue weighted by Crippen LogP contribution is 2.35. The predicted molar refractivity (Wildman–Crippen MR) is 87.8 cm³/mol. The molecule has 8 N–H and O–H groups in total. The molecule has 0 aliphatic carbocycles. The number of ether oxygens (including phenoxy) is 1. The molecular weight excluding hydrogens is 382 g/mol. The predicted octanol–water partition coefficient (Wildman–Crippen LogP) is -4.40. The molecule has 6 atom stereocenters. The highest BCUT2D eigenvalue weighted by molar-refractivity contribution is 6.21. The summed E-state index contributed by atoms with van der Waals surface area (Å²) in [6.07, 6.45) is -6.21. The Morgan fingerprint density at radius 1 is 1.25 bits per heavy atom. The van der Waals surface area contributed by atoms with E-state index in [0.717, 1.165) is 11.2 Å². The number of carbonyl (C=O) groups is 3. The van der Waals surface area contributed by atoms with Crippen LogP contribution in [0.4, 0.5) is 0 Å². The first-order valence-electron chi connectivity index (χ1n) is 8.14. The maximum Gasteiger partial charge on any atom is 0.309 e. The van der Waals surface area contributed by atoms with Gasteiger partial charge in [0.05, 0.1) is 19.4 Å². The number of hydrogen-bond acceptors (Lipinski definition) is 11. The third-order valence-electron chi connectivity index (χ3n) is 4.65. The summed E-state index contributed by atoms with van der Waals surface area (Å²) >= 11 is 0. The zero-order chi connectivity index (χ0) is 20.9. The van der Waals surface area contributed by atoms with Gasteiger partial charge in [0.15, 0.2) is 12.0 Å². The summed E-state index contributed by atoms with van der Waals surface area (Å²) in [5.74, 6) is -6.21. The van der Waals surface area contributed by atoms with Crippen LogP contribution in [-0.4, -0.2) is 103 Å². The Labute approximate surface area is 156 Å². The Hall–Kier alpha value is -2.65. The first kappa shape index (κ1) is 20.1. The second-order valence-corrected chi connectivity index (χ2v) is 6.70. The summed E-state index contributed by atoms with van der Waals surface area (Å²) in [6.45, 7) is -0.618. The number of nitrogens with zero attached hydrogens (tertiary/aromatic N) is 3. The Bertz CT molecular complexity index is 772. The fourth-order valence-corrected chi connectivity index (χ4v) is 3.35. The third kappa shape index (κ3) is 3.10. The number of carbonyl (C=O) groups excluding carboxylic acids is 1. The van der Waals surface area contributed by atoms with E-state index in [-0.39, 0.29) is 5.84 Å². The van der Waals surface area contributed by atoms with Crippen molar-refractivity contribution >= 4 is 30.0 Å². The van der Waals surface area contributed by atoms with Crippen LogP contribution in [0.25, 0.3) is 0 Å². The Kier molecular flexibility index (Phi) is 4.84. The van der Waals surface area contributed by atoms with Gasteiger partial charge in [0.25, 0.3) is 5.91 Å². The molecule has 0 saturated carbocycles. The van der Waals surface area contributed by atoms with Gasteiger partial charge in [-0.05, 0) is 0 Å². The van der Waals surface area contributed by atoms with Gasteiger partial charge in [-0.15, -0.1) is 0 Å². The number of amides is 1. The molecule has 154 valence electrons. The van der Waals surface area contributed by atoms with Crippen LogP contribution in [0.15, 0.2) is 9.98 Å². The van der Waals surface area contributed by atoms with Crippen LogP contribution < -0.4 is 11.1 Å². The zero-order valence-electron chi connectivity index (χ0n) is 14.3. The van der Waals surface area contributed by atoms with Gasteiger partial charge < -0.3 is 35.6 Å². The lowest BCUT2D eigenvalue weighted by atomic mass is 9.90. The molecule has 0 spiro atoms. The molecule has 1 amide bonds. The van der Waals surface area contributed by atoms with Crippen LogP contribution in [0, 0.1) is 0 Å². The van der Waals surface area contributed by atoms with E-state index in [2.05, 4.69) is 15.3 Å². The lowest BCUT2D eigenvalue weighted by molar-refractivity contribution is -0.143. The number of carboxylic acids is 2. The summed E-state index contributed by atoms with van der Waals surface area (Å²) in [6, 6.07) is 0. The third-order valence-corrected chi connectivity index (χ3v) is 4.65. The van der Waals surface area contributed by atoms with E-state index >= 15 is 0 Å². The molecule has 1 saturated heterocycles. The van der Waals surface area contributed by atoms with Crippen LogP contribution in [0.1, 0.15) is 12.8 Å². The van der Waals surface area contributed by atoms with Gasteiger partial charge in [-0.25, -0.2) is 9.98 Å². The van der Waals surface area contributed by atoms with E-state index in [1.54, 1.807) is 0 Å². The van der Waals surface area contributed by atoms with E-state index in [1.807, 2.05) is 0 Å². The average Bonchev–Trinajstić information content (AvgIpc) is 3.05. The van der Waals surface area contributed by atoms with Gasteiger partial charge in [-0.2, -0.15) is 0 Å². The molecule has 3 aliphatic rings. The van der Waals surface area contributed by atoms with E-state index in [9.17, 15) is 34.8 Å². The van der Waals surface area contributed by atoms with Crippen LogP contribution in [0.3, 0.4) is 0 Å². The molecule has 2 unspecified atom stereocenters. The van der Waals surface area contributed by atoms with Crippen molar-refractivity contribution in [1.29, 1.82) is 0 Å². The van der Waals surface area contributed by atoms with Crippen molar-refractivity contribution in [1.82, 2.24) is 10.2 Å². The molecule has 0 aromatic carbocycles. The quantitative estimate of drug-likeness (QED) is 0.225. The fourth-order valence-electron chi connectivity index (χ4n) is 3.35. The van der Waals surface area contributed by atoms with E-state index in [0.29, 0.717) is 0 Å². The van der Waals surface area contributed by atoms with Gasteiger partial charge in [-0.1, -0.05) is 0 Å². The van der Waals surface area contributed by atoms with E-state index < -0.39 is 73.2 Å². The number of fused-ring (bicyclic) bond motifs is 1. The van der Waals surface area contributed by atoms with Crippen molar-refractivity contribution < 1.29 is 44.7 Å². The van der Waals surface area contributed by atoms with Crippen LogP contribution >= 0.6 is 0 Å². The first-order valence-corrected chi connectivity index (χ1v) is 8.14. The van der Waals surface area contributed by atoms with Crippen LogP contribution in [0.5, 0.6) is 0 Å². The molecule has 3 heterocycles. The number of hydrogen-bond donors (Lipinski definition) is 7. The minimum atomic E-state index is -2.09. The zero-order valence-corrected chi connectivity index (χ0v) is 14.3. The molecule has 3 aliphatic heterocycles. The molecule has 0 aromatic rings. The number of nitrogens with one attached hydrogen (secondary N) is 1. The number of aliphatic imine (C=N–C) groups is 2. The van der Waals surface area contributed by atoms with Crippen LogP contribution in [-0.2, 0) is 19.1 Å². The molecule has 0 aromatic heterocycles. The topological polar surface area (TPSA) is 228 Å². The summed E-state index contributed by atoms with van der Waals surface area (Å²) in [5.41, 5.74) is 3.79. The maximum absolute atomic E-state index is 12.7. The number of aliphatic hydroxyl groups excluding tert-OH is 3. The van der Waals surface area contributed by atoms with Gasteiger partial charge in [0.2, 0.25) is 5.54 Å². The minimum Gasteiger partial charge on any atom is -0.481 e. The Balaban J connectivity index is 2.05. The standard InChI is InChI=1S/C14H19N5O9/c15-14(2-7(23)24)17-11-13(1-6(21)22,12(27)18-14)16-4-19(11)10-9(26)8(25)5(3-20)28-10/h4-5,8-10,20,25-26H,1-3,15H2,(H,18,27)(H,21,22)(H,23,24)/t5-,8-,9-,10-,13?,14?/m1/s1. The summed E-state index contributed by atoms with van der Waals surface area (Å²) in [5, 5.41) is 49.8. The Morgan fingerprint density at radius 2 is 1.89 bits per heavy atom. The molecule has 1 fully saturated rings. The second-order valence-electron chi connectivity index (χ2n) is 6.70. The molecular formula is C14H19N5O9. The fraction of sp³-hybridized carbons (Fsp3) is 0.643. The highest BCUT2D eigenvalue weighted by atomic mass is 16.6. The lowest BCUT2D eigenvalue weighted by Crippen LogP contribution is -2.69. The van der Waals surface area contributed by atoms with Gasteiger partial charge in [0, 0.05) is 0 Å². The number of aliphatic hydroxyl groups is 3. The molecule has 14 heteroatoms. The van der Waals surface area contributed by atoms with Crippen molar-refractivity contribution in [3.05, 3.63) is 0 Å². The summed E-state index contributed by atoms with van der Waals surface area (Å²) in [7, 11) is 0. The van der Waals surface area contributed by atoms with Crippen molar-refractivity contribution in [3.63, 3.8) is 0 Å². The SMILES string of the molecule is NC1(CC(=O)O)N=C2N([C@@H]3O[C@H](CO)[C@@H](O)[C@H]3O)C=NC2(CC(=O)O)C(=O)N1. The molecule has 0 bridgehead atoms. The van der Waals surface area contributed by atoms with Gasteiger partial charge in [0.1, 0.15) is 30.6 Å². The highest BCUT2D eigenvalue weighted by Gasteiger charge is 2.59. The van der Waals surface area contributed by atoms with Crippen molar-refractivity contribution in [2.75, 3.05) is 6.61 Å². The normalized spacial score (nSPS) is 39.5. The number of amidine groups is 1. The average molecular weight is 401 g/mol. The molecule has 28 heavy (non-hydrogen) atoms. The van der Waals surface area contributed by atoms with E-state index in [1.165, 1.54) is 0 Å². The molecule has 3 rings (SSSR count). The smallest absolute Gasteiger partial charge is 0.309 e. The van der Waals surface area contributed by atoms with Crippen LogP contribution in [0.2, 0.25) is 0 Å². The lowest BCUT2D eigenvalue weighted by Gasteiger charge is -2.39. The largest absolute Gasteiger partial charge is 0.481 e. The number of nitrogens with two attached hydrogens (primary N) is 1. The molecule has 14 nitrogen and oxygen atoms in total. The van der Waals surface area contributed by atoms with Gasteiger partial charge >= 0.3 is 11.9 Å². The number of aliphatic carboxylic acids is 2. The van der Waals surface area contributed by atoms with Crippen molar-refractivity contribution in [2.45, 2.75) is 48.7 Å².